The molecule has 3 atom stereocenters. The van der Waals surface area contributed by atoms with Crippen LogP contribution in [0.15, 0.2) is 36.4 Å². The number of amides is 2. The lowest BCUT2D eigenvalue weighted by Crippen LogP contribution is -2.43. The molecule has 1 saturated heterocycles. The van der Waals surface area contributed by atoms with Gasteiger partial charge in [0, 0.05) is 19.5 Å². The van der Waals surface area contributed by atoms with E-state index in [0.717, 1.165) is 18.4 Å². The number of hydrogen-bond donors (Lipinski definition) is 2. The Labute approximate surface area is 187 Å². The Kier molecular flexibility index (Phi) is 8.79. The molecule has 32 heavy (non-hydrogen) atoms. The van der Waals surface area contributed by atoms with Gasteiger partial charge in [0.05, 0.1) is 24.5 Å². The Morgan fingerprint density at radius 2 is 1.88 bits per heavy atom. The van der Waals surface area contributed by atoms with Crippen LogP contribution in [-0.2, 0) is 25.5 Å². The van der Waals surface area contributed by atoms with Crippen LogP contribution in [0.25, 0.3) is 0 Å². The first-order valence-electron chi connectivity index (χ1n) is 11.2. The van der Waals surface area contributed by atoms with Crippen LogP contribution < -0.4 is 5.32 Å². The van der Waals surface area contributed by atoms with Gasteiger partial charge in [0.1, 0.15) is 12.4 Å². The molecule has 0 saturated carbocycles. The monoisotopic (exact) mass is 446 g/mol. The zero-order valence-corrected chi connectivity index (χ0v) is 18.2. The van der Waals surface area contributed by atoms with E-state index in [1.807, 2.05) is 12.2 Å². The lowest BCUT2D eigenvalue weighted by molar-refractivity contribution is -0.152. The summed E-state index contributed by atoms with van der Waals surface area (Å²) < 4.78 is 18.8. The molecule has 0 aliphatic carbocycles. The van der Waals surface area contributed by atoms with Gasteiger partial charge in [0.2, 0.25) is 11.8 Å². The lowest BCUT2D eigenvalue weighted by Gasteiger charge is -2.29. The molecule has 0 bridgehead atoms. The van der Waals surface area contributed by atoms with E-state index in [4.69, 9.17) is 9.84 Å². The van der Waals surface area contributed by atoms with Gasteiger partial charge in [-0.1, -0.05) is 24.3 Å². The zero-order valence-electron chi connectivity index (χ0n) is 18.2. The second kappa shape index (κ2) is 11.8. The summed E-state index contributed by atoms with van der Waals surface area (Å²) in [6.45, 7) is 0.721. The number of carbonyl (C=O) groups is 3. The van der Waals surface area contributed by atoms with Gasteiger partial charge in [-0.25, -0.2) is 4.39 Å². The number of aliphatic hydroxyl groups excluding tert-OH is 1. The largest absolute Gasteiger partial charge is 0.463 e. The van der Waals surface area contributed by atoms with E-state index in [1.54, 1.807) is 17.0 Å². The number of ether oxygens (including phenoxy) is 1. The highest BCUT2D eigenvalue weighted by Gasteiger charge is 2.35. The zero-order chi connectivity index (χ0) is 22.9. The van der Waals surface area contributed by atoms with Crippen LogP contribution in [-0.4, -0.2) is 60.1 Å². The fourth-order valence-corrected chi connectivity index (χ4v) is 4.28. The van der Waals surface area contributed by atoms with E-state index < -0.39 is 11.8 Å². The number of fused-ring (bicyclic) bond motifs is 1. The lowest BCUT2D eigenvalue weighted by atomic mass is 9.94. The SMILES string of the molecule is O=C(C[C@@H]1C/C=C/C[C@H](Cc2ccc(F)cc2)C(=O)OC[C@H]2CCCN2C1=O)NCCO. The molecule has 0 spiro atoms. The Hall–Kier alpha value is -2.74. The predicted octanol–water partition coefficient (Wildman–Crippen LogP) is 1.98. The topological polar surface area (TPSA) is 95.9 Å². The number of esters is 1. The first kappa shape index (κ1) is 23.9. The standard InChI is InChI=1S/C24H31FN2O5/c25-20-9-7-17(8-10-20)14-19-5-2-1-4-18(15-22(29)26-11-13-28)23(30)27-12-3-6-21(27)16-32-24(19)31/h1-2,7-10,18-19,21,28H,3-6,11-16H2,(H,26,29)/b2-1+/t18-,19+,21+/m0/s1. The maximum Gasteiger partial charge on any atom is 0.309 e. The van der Waals surface area contributed by atoms with Crippen LogP contribution in [0.5, 0.6) is 0 Å². The number of halogens is 1. The summed E-state index contributed by atoms with van der Waals surface area (Å²) in [6, 6.07) is 5.90. The van der Waals surface area contributed by atoms with Gasteiger partial charge in [0.25, 0.3) is 0 Å². The van der Waals surface area contributed by atoms with E-state index in [9.17, 15) is 18.8 Å². The second-order valence-corrected chi connectivity index (χ2v) is 8.40. The molecule has 2 heterocycles. The first-order chi connectivity index (χ1) is 15.5. The summed E-state index contributed by atoms with van der Waals surface area (Å²) >= 11 is 0. The summed E-state index contributed by atoms with van der Waals surface area (Å²) in [4.78, 5) is 39.9. The molecule has 8 heteroatoms. The summed E-state index contributed by atoms with van der Waals surface area (Å²) in [6.07, 6.45) is 6.58. The van der Waals surface area contributed by atoms with Gasteiger partial charge in [0.15, 0.2) is 0 Å². The molecule has 1 aromatic rings. The molecule has 174 valence electrons. The van der Waals surface area contributed by atoms with Gasteiger partial charge in [-0.05, 0) is 49.8 Å². The van der Waals surface area contributed by atoms with Crippen molar-refractivity contribution >= 4 is 17.8 Å². The van der Waals surface area contributed by atoms with Crippen LogP contribution in [0.1, 0.15) is 37.7 Å². The van der Waals surface area contributed by atoms with Crippen molar-refractivity contribution in [3.8, 4) is 0 Å². The van der Waals surface area contributed by atoms with Crippen molar-refractivity contribution in [1.82, 2.24) is 10.2 Å². The summed E-state index contributed by atoms with van der Waals surface area (Å²) in [7, 11) is 0. The van der Waals surface area contributed by atoms with Crippen LogP contribution in [0.4, 0.5) is 4.39 Å². The van der Waals surface area contributed by atoms with Crippen molar-refractivity contribution in [3.05, 3.63) is 47.8 Å². The molecule has 0 aromatic heterocycles. The average Bonchev–Trinajstić information content (AvgIpc) is 3.26. The van der Waals surface area contributed by atoms with Gasteiger partial charge in [-0.2, -0.15) is 0 Å². The Morgan fingerprint density at radius 3 is 2.59 bits per heavy atom. The molecule has 0 unspecified atom stereocenters. The fraction of sp³-hybridized carbons (Fsp3) is 0.542. The minimum absolute atomic E-state index is 0.0468. The number of rotatable bonds is 6. The van der Waals surface area contributed by atoms with Crippen molar-refractivity contribution in [2.45, 2.75) is 44.6 Å². The molecule has 2 aliphatic rings. The van der Waals surface area contributed by atoms with Gasteiger partial charge in [-0.3, -0.25) is 14.4 Å². The molecule has 2 amide bonds. The number of allylic oxidation sites excluding steroid dienone is 2. The number of hydrogen-bond acceptors (Lipinski definition) is 5. The third-order valence-electron chi connectivity index (χ3n) is 6.03. The third kappa shape index (κ3) is 6.63. The number of cyclic esters (lactones) is 1. The second-order valence-electron chi connectivity index (χ2n) is 8.40. The Balaban J connectivity index is 1.74. The Bertz CT molecular complexity index is 826. The summed E-state index contributed by atoms with van der Waals surface area (Å²) in [5.74, 6) is -1.93. The molecule has 1 fully saturated rings. The van der Waals surface area contributed by atoms with Gasteiger partial charge < -0.3 is 20.1 Å². The third-order valence-corrected chi connectivity index (χ3v) is 6.03. The number of nitrogens with one attached hydrogen (secondary N) is 1. The quantitative estimate of drug-likeness (QED) is 0.515. The number of benzene rings is 1. The maximum atomic E-state index is 13.2. The summed E-state index contributed by atoms with van der Waals surface area (Å²) in [5, 5.41) is 11.5. The minimum atomic E-state index is -0.504. The Morgan fingerprint density at radius 1 is 1.16 bits per heavy atom. The average molecular weight is 447 g/mol. The number of aliphatic hydroxyl groups is 1. The van der Waals surface area contributed by atoms with E-state index in [2.05, 4.69) is 5.32 Å². The van der Waals surface area contributed by atoms with Crippen molar-refractivity contribution in [1.29, 1.82) is 0 Å². The molecule has 3 rings (SSSR count). The minimum Gasteiger partial charge on any atom is -0.463 e. The van der Waals surface area contributed by atoms with E-state index in [0.29, 0.717) is 25.8 Å². The van der Waals surface area contributed by atoms with Crippen molar-refractivity contribution in [2.75, 3.05) is 26.3 Å². The predicted molar refractivity (Wildman–Crippen MR) is 116 cm³/mol. The van der Waals surface area contributed by atoms with Crippen molar-refractivity contribution < 1.29 is 28.6 Å². The molecule has 0 radical (unpaired) electrons. The number of carbonyl (C=O) groups excluding carboxylic acids is 3. The van der Waals surface area contributed by atoms with Crippen molar-refractivity contribution in [2.24, 2.45) is 11.8 Å². The fourth-order valence-electron chi connectivity index (χ4n) is 4.28. The molecular weight excluding hydrogens is 415 g/mol. The van der Waals surface area contributed by atoms with Gasteiger partial charge in [-0.15, -0.1) is 0 Å². The van der Waals surface area contributed by atoms with Crippen molar-refractivity contribution in [3.63, 3.8) is 0 Å². The number of nitrogens with zero attached hydrogens (tertiary/aromatic N) is 1. The van der Waals surface area contributed by atoms with Crippen LogP contribution >= 0.6 is 0 Å². The molecule has 7 nitrogen and oxygen atoms in total. The van der Waals surface area contributed by atoms with Crippen LogP contribution in [0.3, 0.4) is 0 Å². The highest BCUT2D eigenvalue weighted by Crippen LogP contribution is 2.25. The molecule has 1 aromatic carbocycles. The van der Waals surface area contributed by atoms with Gasteiger partial charge >= 0.3 is 5.97 Å². The maximum absolute atomic E-state index is 13.2. The smallest absolute Gasteiger partial charge is 0.309 e. The van der Waals surface area contributed by atoms with Crippen LogP contribution in [0.2, 0.25) is 0 Å². The normalized spacial score (nSPS) is 25.3. The van der Waals surface area contributed by atoms with E-state index in [1.165, 1.54) is 12.1 Å². The molecule has 2 N–H and O–H groups in total. The van der Waals surface area contributed by atoms with E-state index in [-0.39, 0.29) is 55.8 Å². The highest BCUT2D eigenvalue weighted by molar-refractivity contribution is 5.86. The molecular formula is C24H31FN2O5. The van der Waals surface area contributed by atoms with Crippen LogP contribution in [0, 0.1) is 17.7 Å². The summed E-state index contributed by atoms with van der Waals surface area (Å²) in [5.41, 5.74) is 0.852. The highest BCUT2D eigenvalue weighted by atomic mass is 19.1. The molecule has 2 aliphatic heterocycles. The first-order valence-corrected chi connectivity index (χ1v) is 11.2. The van der Waals surface area contributed by atoms with E-state index >= 15 is 0 Å².